The van der Waals surface area contributed by atoms with Gasteiger partial charge in [0, 0.05) is 26.2 Å². The minimum Gasteiger partial charge on any atom is -0.383 e. The van der Waals surface area contributed by atoms with E-state index in [0.29, 0.717) is 23.8 Å². The van der Waals surface area contributed by atoms with Crippen molar-refractivity contribution in [2.75, 3.05) is 31.9 Å². The van der Waals surface area contributed by atoms with E-state index in [1.165, 1.54) is 0 Å². The maximum Gasteiger partial charge on any atom is 0.256 e. The molecule has 1 aliphatic heterocycles. The highest BCUT2D eigenvalue weighted by atomic mass is 16.1. The molecule has 6 heteroatoms. The van der Waals surface area contributed by atoms with Gasteiger partial charge in [-0.2, -0.15) is 0 Å². The molecule has 0 radical (unpaired) electrons. The molecule has 0 spiro atoms. The second kappa shape index (κ2) is 5.49. The predicted octanol–water partition coefficient (Wildman–Crippen LogP) is -0.119. The number of hydrogen-bond acceptors (Lipinski definition) is 5. The second-order valence-corrected chi connectivity index (χ2v) is 4.99. The van der Waals surface area contributed by atoms with Crippen LogP contribution in [-0.4, -0.2) is 41.0 Å². The van der Waals surface area contributed by atoms with Gasteiger partial charge in [-0.1, -0.05) is 13.8 Å². The summed E-state index contributed by atoms with van der Waals surface area (Å²) in [5, 5.41) is 3.29. The molecule has 2 heterocycles. The summed E-state index contributed by atoms with van der Waals surface area (Å²) in [5.74, 6) is 1.11. The molecule has 0 saturated carbocycles. The van der Waals surface area contributed by atoms with Crippen LogP contribution in [0.15, 0.2) is 4.79 Å². The first kappa shape index (κ1) is 13.0. The topological polar surface area (TPSA) is 87.0 Å². The van der Waals surface area contributed by atoms with Gasteiger partial charge in [0.15, 0.2) is 0 Å². The Morgan fingerprint density at radius 2 is 2.06 bits per heavy atom. The molecule has 2 rings (SSSR count). The van der Waals surface area contributed by atoms with Crippen molar-refractivity contribution in [3.8, 4) is 0 Å². The van der Waals surface area contributed by atoms with Gasteiger partial charge in [0.2, 0.25) is 0 Å². The number of nitrogens with one attached hydrogen (secondary N) is 2. The molecule has 0 unspecified atom stereocenters. The Morgan fingerprint density at radius 1 is 1.39 bits per heavy atom. The fourth-order valence-corrected chi connectivity index (χ4v) is 2.26. The largest absolute Gasteiger partial charge is 0.383 e. The summed E-state index contributed by atoms with van der Waals surface area (Å²) in [5.41, 5.74) is 6.34. The summed E-state index contributed by atoms with van der Waals surface area (Å²) in [6.45, 7) is 8.43. The summed E-state index contributed by atoms with van der Waals surface area (Å²) in [7, 11) is 0. The molecule has 0 bridgehead atoms. The van der Waals surface area contributed by atoms with E-state index < -0.39 is 0 Å². The number of anilines is 1. The highest BCUT2D eigenvalue weighted by molar-refractivity contribution is 5.39. The predicted molar refractivity (Wildman–Crippen MR) is 71.5 cm³/mol. The molecule has 0 aliphatic carbocycles. The molecule has 6 nitrogen and oxygen atoms in total. The first-order valence-electron chi connectivity index (χ1n) is 6.39. The molecule has 1 aliphatic rings. The molecule has 1 saturated heterocycles. The standard InChI is InChI=1S/C12H21N5O/c1-8(2)10-11(13)15-9(16-12(10)18)7-17-5-3-14-4-6-17/h8,14H,3-7H2,1-2H3,(H3,13,15,16,18). The zero-order valence-electron chi connectivity index (χ0n) is 11.0. The van der Waals surface area contributed by atoms with E-state index in [1.54, 1.807) is 0 Å². The molecule has 1 aromatic heterocycles. The number of hydrogen-bond donors (Lipinski definition) is 3. The lowest BCUT2D eigenvalue weighted by atomic mass is 10.1. The highest BCUT2D eigenvalue weighted by Gasteiger charge is 2.15. The lowest BCUT2D eigenvalue weighted by molar-refractivity contribution is 0.228. The molecular formula is C12H21N5O. The molecule has 4 N–H and O–H groups in total. The third kappa shape index (κ3) is 2.88. The lowest BCUT2D eigenvalue weighted by Crippen LogP contribution is -2.43. The Labute approximate surface area is 107 Å². The zero-order chi connectivity index (χ0) is 13.1. The third-order valence-corrected chi connectivity index (χ3v) is 3.19. The Kier molecular flexibility index (Phi) is 3.98. The van der Waals surface area contributed by atoms with Crippen LogP contribution in [0, 0.1) is 0 Å². The average Bonchev–Trinajstić information content (AvgIpc) is 2.28. The van der Waals surface area contributed by atoms with E-state index in [4.69, 9.17) is 5.73 Å². The Balaban J connectivity index is 2.17. The van der Waals surface area contributed by atoms with Gasteiger partial charge in [-0.05, 0) is 5.92 Å². The zero-order valence-corrected chi connectivity index (χ0v) is 11.0. The number of nitrogens with zero attached hydrogens (tertiary/aromatic N) is 2. The fourth-order valence-electron chi connectivity index (χ4n) is 2.26. The number of nitrogen functional groups attached to an aromatic ring is 1. The van der Waals surface area contributed by atoms with Crippen LogP contribution in [0.4, 0.5) is 5.82 Å². The van der Waals surface area contributed by atoms with E-state index in [9.17, 15) is 4.79 Å². The molecular weight excluding hydrogens is 230 g/mol. The average molecular weight is 251 g/mol. The van der Waals surface area contributed by atoms with Gasteiger partial charge in [0.1, 0.15) is 11.6 Å². The van der Waals surface area contributed by atoms with Crippen LogP contribution in [0.3, 0.4) is 0 Å². The fraction of sp³-hybridized carbons (Fsp3) is 0.667. The number of nitrogens with two attached hydrogens (primary N) is 1. The number of aromatic amines is 1. The van der Waals surface area contributed by atoms with Crippen LogP contribution in [0.25, 0.3) is 0 Å². The van der Waals surface area contributed by atoms with Crippen molar-refractivity contribution in [2.24, 2.45) is 0 Å². The van der Waals surface area contributed by atoms with Gasteiger partial charge in [0.05, 0.1) is 12.1 Å². The molecule has 1 aromatic rings. The quantitative estimate of drug-likeness (QED) is 0.697. The minimum absolute atomic E-state index is 0.0921. The van der Waals surface area contributed by atoms with E-state index >= 15 is 0 Å². The first-order valence-corrected chi connectivity index (χ1v) is 6.39. The first-order chi connectivity index (χ1) is 8.58. The number of H-pyrrole nitrogens is 1. The van der Waals surface area contributed by atoms with Crippen molar-refractivity contribution in [3.63, 3.8) is 0 Å². The minimum atomic E-state index is -0.109. The van der Waals surface area contributed by atoms with E-state index in [-0.39, 0.29) is 11.5 Å². The molecule has 0 amide bonds. The highest BCUT2D eigenvalue weighted by Crippen LogP contribution is 2.15. The smallest absolute Gasteiger partial charge is 0.256 e. The van der Waals surface area contributed by atoms with Crippen molar-refractivity contribution in [3.05, 3.63) is 21.7 Å². The van der Waals surface area contributed by atoms with E-state index in [1.807, 2.05) is 13.8 Å². The van der Waals surface area contributed by atoms with Crippen LogP contribution in [0.5, 0.6) is 0 Å². The van der Waals surface area contributed by atoms with Crippen molar-refractivity contribution in [1.82, 2.24) is 20.2 Å². The normalized spacial score (nSPS) is 17.3. The Hall–Kier alpha value is -1.40. The maximum atomic E-state index is 11.9. The summed E-state index contributed by atoms with van der Waals surface area (Å²) < 4.78 is 0. The van der Waals surface area contributed by atoms with Crippen LogP contribution in [-0.2, 0) is 6.54 Å². The summed E-state index contributed by atoms with van der Waals surface area (Å²) >= 11 is 0. The van der Waals surface area contributed by atoms with E-state index in [0.717, 1.165) is 26.2 Å². The molecule has 100 valence electrons. The number of piperazine rings is 1. The van der Waals surface area contributed by atoms with Crippen molar-refractivity contribution >= 4 is 5.82 Å². The van der Waals surface area contributed by atoms with Crippen molar-refractivity contribution in [1.29, 1.82) is 0 Å². The van der Waals surface area contributed by atoms with E-state index in [2.05, 4.69) is 20.2 Å². The van der Waals surface area contributed by atoms with Gasteiger partial charge < -0.3 is 16.0 Å². The van der Waals surface area contributed by atoms with Gasteiger partial charge >= 0.3 is 0 Å². The summed E-state index contributed by atoms with van der Waals surface area (Å²) in [6, 6.07) is 0. The van der Waals surface area contributed by atoms with Gasteiger partial charge in [-0.3, -0.25) is 9.69 Å². The summed E-state index contributed by atoms with van der Waals surface area (Å²) in [4.78, 5) is 21.3. The molecule has 0 atom stereocenters. The van der Waals surface area contributed by atoms with Gasteiger partial charge in [-0.25, -0.2) is 4.98 Å². The SMILES string of the molecule is CC(C)c1c(N)nc(CN2CCNCC2)[nH]c1=O. The van der Waals surface area contributed by atoms with Gasteiger partial charge in [0.25, 0.3) is 5.56 Å². The van der Waals surface area contributed by atoms with Gasteiger partial charge in [-0.15, -0.1) is 0 Å². The molecule has 18 heavy (non-hydrogen) atoms. The molecule has 1 fully saturated rings. The monoisotopic (exact) mass is 251 g/mol. The second-order valence-electron chi connectivity index (χ2n) is 4.99. The van der Waals surface area contributed by atoms with Crippen molar-refractivity contribution < 1.29 is 0 Å². The third-order valence-electron chi connectivity index (χ3n) is 3.19. The number of rotatable bonds is 3. The van der Waals surface area contributed by atoms with Crippen LogP contribution < -0.4 is 16.6 Å². The Bertz CT molecular complexity index is 462. The van der Waals surface area contributed by atoms with Crippen LogP contribution in [0.2, 0.25) is 0 Å². The van der Waals surface area contributed by atoms with Crippen LogP contribution in [0.1, 0.15) is 31.2 Å². The molecule has 0 aromatic carbocycles. The Morgan fingerprint density at radius 3 is 2.61 bits per heavy atom. The number of aromatic nitrogens is 2. The van der Waals surface area contributed by atoms with Crippen molar-refractivity contribution in [2.45, 2.75) is 26.3 Å². The lowest BCUT2D eigenvalue weighted by Gasteiger charge is -2.26. The summed E-state index contributed by atoms with van der Waals surface area (Å²) in [6.07, 6.45) is 0. The maximum absolute atomic E-state index is 11.9. The van der Waals surface area contributed by atoms with Crippen LogP contribution >= 0.6 is 0 Å².